The van der Waals surface area contributed by atoms with Crippen molar-refractivity contribution in [3.05, 3.63) is 102 Å². The van der Waals surface area contributed by atoms with Crippen LogP contribution < -0.4 is 9.47 Å². The molecule has 2 heterocycles. The predicted octanol–water partition coefficient (Wildman–Crippen LogP) is 4.17. The summed E-state index contributed by atoms with van der Waals surface area (Å²) in [5.41, 5.74) is 2.89. The zero-order valence-electron chi connectivity index (χ0n) is 20.9. The van der Waals surface area contributed by atoms with Crippen molar-refractivity contribution in [2.45, 2.75) is 11.6 Å². The lowest BCUT2D eigenvalue weighted by molar-refractivity contribution is -0.0137. The van der Waals surface area contributed by atoms with Crippen molar-refractivity contribution in [3.8, 4) is 11.6 Å². The normalized spacial score (nSPS) is 17.1. The standard InChI is InChI=1S/C30H33N3O3/c1-32-18-19-33(30(22-32,23-10-5-3-6-11-23)24-12-7-4-8-13-24)20-25(34)21-36-28-15-9-14-27-26(28)16-17-29(31-27)35-2/h3-17,25,34H,18-22H2,1-2H3. The molecule has 3 aromatic carbocycles. The third kappa shape index (κ3) is 4.80. The van der Waals surface area contributed by atoms with Crippen LogP contribution in [0.1, 0.15) is 11.1 Å². The van der Waals surface area contributed by atoms with Gasteiger partial charge in [-0.15, -0.1) is 0 Å². The van der Waals surface area contributed by atoms with E-state index in [4.69, 9.17) is 9.47 Å². The summed E-state index contributed by atoms with van der Waals surface area (Å²) in [5, 5.41) is 12.1. The topological polar surface area (TPSA) is 58.1 Å². The molecule has 0 bridgehead atoms. The smallest absolute Gasteiger partial charge is 0.213 e. The van der Waals surface area contributed by atoms with E-state index in [0.29, 0.717) is 18.2 Å². The van der Waals surface area contributed by atoms with Crippen molar-refractivity contribution < 1.29 is 14.6 Å². The lowest BCUT2D eigenvalue weighted by Crippen LogP contribution is -2.61. The van der Waals surface area contributed by atoms with Crippen LogP contribution in [0.3, 0.4) is 0 Å². The van der Waals surface area contributed by atoms with E-state index in [1.54, 1.807) is 7.11 Å². The largest absolute Gasteiger partial charge is 0.490 e. The minimum absolute atomic E-state index is 0.192. The van der Waals surface area contributed by atoms with Crippen LogP contribution >= 0.6 is 0 Å². The first-order valence-corrected chi connectivity index (χ1v) is 12.4. The van der Waals surface area contributed by atoms with Crippen molar-refractivity contribution in [2.75, 3.05) is 46.9 Å². The summed E-state index contributed by atoms with van der Waals surface area (Å²) in [6.07, 6.45) is -0.665. The van der Waals surface area contributed by atoms with Crippen molar-refractivity contribution in [3.63, 3.8) is 0 Å². The quantitative estimate of drug-likeness (QED) is 0.406. The van der Waals surface area contributed by atoms with Crippen LogP contribution in [0.5, 0.6) is 11.6 Å². The molecule has 1 aromatic heterocycles. The molecule has 1 unspecified atom stereocenters. The SMILES string of the molecule is COc1ccc2c(OCC(O)CN3CCN(C)CC3(c3ccccc3)c3ccccc3)cccc2n1. The summed E-state index contributed by atoms with van der Waals surface area (Å²) in [6.45, 7) is 3.30. The second-order valence-corrected chi connectivity index (χ2v) is 9.42. The molecule has 0 saturated carbocycles. The second-order valence-electron chi connectivity index (χ2n) is 9.42. The highest BCUT2D eigenvalue weighted by Crippen LogP contribution is 2.39. The highest BCUT2D eigenvalue weighted by Gasteiger charge is 2.44. The average Bonchev–Trinajstić information content (AvgIpc) is 2.93. The van der Waals surface area contributed by atoms with Gasteiger partial charge in [-0.05, 0) is 36.4 Å². The molecule has 0 spiro atoms. The number of ether oxygens (including phenoxy) is 2. The first kappa shape index (κ1) is 24.3. The molecular formula is C30H33N3O3. The fourth-order valence-corrected chi connectivity index (χ4v) is 5.28. The Labute approximate surface area is 212 Å². The van der Waals surface area contributed by atoms with E-state index in [1.165, 1.54) is 11.1 Å². The lowest BCUT2D eigenvalue weighted by atomic mass is 9.79. The van der Waals surface area contributed by atoms with Crippen LogP contribution in [-0.4, -0.2) is 72.9 Å². The van der Waals surface area contributed by atoms with E-state index in [2.05, 4.69) is 82.5 Å². The Hall–Kier alpha value is -3.45. The molecule has 6 nitrogen and oxygen atoms in total. The number of rotatable bonds is 8. The molecule has 6 heteroatoms. The number of methoxy groups -OCH3 is 1. The van der Waals surface area contributed by atoms with Crippen LogP contribution in [0.25, 0.3) is 10.9 Å². The highest BCUT2D eigenvalue weighted by atomic mass is 16.5. The molecule has 0 amide bonds. The number of aliphatic hydroxyl groups is 1. The van der Waals surface area contributed by atoms with Gasteiger partial charge in [-0.25, -0.2) is 4.98 Å². The van der Waals surface area contributed by atoms with Crippen LogP contribution in [-0.2, 0) is 5.54 Å². The maximum Gasteiger partial charge on any atom is 0.213 e. The van der Waals surface area contributed by atoms with Gasteiger partial charge in [-0.2, -0.15) is 0 Å². The Balaban J connectivity index is 1.40. The highest BCUT2D eigenvalue weighted by molar-refractivity contribution is 5.85. The second kappa shape index (κ2) is 10.7. The zero-order valence-corrected chi connectivity index (χ0v) is 20.9. The van der Waals surface area contributed by atoms with Crippen molar-refractivity contribution in [1.29, 1.82) is 0 Å². The molecule has 0 radical (unpaired) electrons. The molecule has 1 fully saturated rings. The molecule has 1 aliphatic rings. The van der Waals surface area contributed by atoms with Crippen molar-refractivity contribution in [2.24, 2.45) is 0 Å². The zero-order chi connectivity index (χ0) is 25.0. The lowest BCUT2D eigenvalue weighted by Gasteiger charge is -2.51. The number of nitrogens with zero attached hydrogens (tertiary/aromatic N) is 3. The van der Waals surface area contributed by atoms with Crippen LogP contribution in [0, 0.1) is 0 Å². The molecule has 5 rings (SSSR count). The average molecular weight is 484 g/mol. The van der Waals surface area contributed by atoms with Gasteiger partial charge in [0, 0.05) is 37.6 Å². The number of hydrogen-bond donors (Lipinski definition) is 1. The van der Waals surface area contributed by atoms with Gasteiger partial charge in [0.05, 0.1) is 18.2 Å². The van der Waals surface area contributed by atoms with Gasteiger partial charge in [-0.3, -0.25) is 4.90 Å². The van der Waals surface area contributed by atoms with E-state index >= 15 is 0 Å². The molecule has 0 aliphatic carbocycles. The van der Waals surface area contributed by atoms with Crippen molar-refractivity contribution >= 4 is 10.9 Å². The monoisotopic (exact) mass is 483 g/mol. The Kier molecular flexibility index (Phi) is 7.18. The molecular weight excluding hydrogens is 450 g/mol. The van der Waals surface area contributed by atoms with Gasteiger partial charge in [0.2, 0.25) is 5.88 Å². The van der Waals surface area contributed by atoms with Crippen LogP contribution in [0.4, 0.5) is 0 Å². The summed E-state index contributed by atoms with van der Waals surface area (Å²) < 4.78 is 11.4. The van der Waals surface area contributed by atoms with E-state index in [-0.39, 0.29) is 12.1 Å². The molecule has 1 saturated heterocycles. The number of pyridine rings is 1. The Bertz CT molecular complexity index is 1240. The third-order valence-corrected chi connectivity index (χ3v) is 7.03. The molecule has 1 N–H and O–H groups in total. The summed E-state index contributed by atoms with van der Waals surface area (Å²) in [6, 6.07) is 30.8. The Morgan fingerprint density at radius 3 is 2.25 bits per heavy atom. The van der Waals surface area contributed by atoms with Gasteiger partial charge in [0.25, 0.3) is 0 Å². The first-order valence-electron chi connectivity index (χ1n) is 12.4. The van der Waals surface area contributed by atoms with E-state index < -0.39 is 6.10 Å². The van der Waals surface area contributed by atoms with Gasteiger partial charge in [0.1, 0.15) is 18.5 Å². The summed E-state index contributed by atoms with van der Waals surface area (Å²) >= 11 is 0. The summed E-state index contributed by atoms with van der Waals surface area (Å²) in [5.74, 6) is 1.27. The van der Waals surface area contributed by atoms with Crippen molar-refractivity contribution in [1.82, 2.24) is 14.8 Å². The number of likely N-dealkylation sites (N-methyl/N-ethyl adjacent to an activating group) is 1. The maximum atomic E-state index is 11.2. The Morgan fingerprint density at radius 2 is 1.58 bits per heavy atom. The van der Waals surface area contributed by atoms with Gasteiger partial charge in [-0.1, -0.05) is 66.7 Å². The summed E-state index contributed by atoms with van der Waals surface area (Å²) in [4.78, 5) is 9.28. The fourth-order valence-electron chi connectivity index (χ4n) is 5.28. The molecule has 36 heavy (non-hydrogen) atoms. The van der Waals surface area contributed by atoms with Gasteiger partial charge in [0.15, 0.2) is 0 Å². The Morgan fingerprint density at radius 1 is 0.889 bits per heavy atom. The number of benzene rings is 3. The van der Waals surface area contributed by atoms with E-state index in [9.17, 15) is 5.11 Å². The molecule has 1 aliphatic heterocycles. The number of fused-ring (bicyclic) bond motifs is 1. The molecule has 1 atom stereocenters. The third-order valence-electron chi connectivity index (χ3n) is 7.03. The van der Waals surface area contributed by atoms with Crippen LogP contribution in [0.2, 0.25) is 0 Å². The van der Waals surface area contributed by atoms with Crippen LogP contribution in [0.15, 0.2) is 91.0 Å². The number of piperazine rings is 1. The molecule has 186 valence electrons. The minimum atomic E-state index is -0.665. The number of aliphatic hydroxyl groups excluding tert-OH is 1. The first-order chi connectivity index (χ1) is 17.6. The maximum absolute atomic E-state index is 11.2. The minimum Gasteiger partial charge on any atom is -0.490 e. The fraction of sp³-hybridized carbons (Fsp3) is 0.300. The predicted molar refractivity (Wildman–Crippen MR) is 143 cm³/mol. The number of hydrogen-bond acceptors (Lipinski definition) is 6. The van der Waals surface area contributed by atoms with Gasteiger partial charge < -0.3 is 19.5 Å². The van der Waals surface area contributed by atoms with E-state index in [1.807, 2.05) is 30.3 Å². The number of β-amino-alcohol motifs (C(OH)–C–C–N with tert-alkyl or cyclic N) is 1. The van der Waals surface area contributed by atoms with E-state index in [0.717, 1.165) is 30.5 Å². The molecule has 4 aromatic rings. The summed E-state index contributed by atoms with van der Waals surface area (Å²) in [7, 11) is 3.77. The van der Waals surface area contributed by atoms with Gasteiger partial charge >= 0.3 is 0 Å². The number of aromatic nitrogens is 1.